The number of amides is 1. The Morgan fingerprint density at radius 1 is 1.29 bits per heavy atom. The van der Waals surface area contributed by atoms with E-state index in [2.05, 4.69) is 17.0 Å². The third kappa shape index (κ3) is 9.81. The third-order valence-corrected chi connectivity index (χ3v) is 2.47. The van der Waals surface area contributed by atoms with Crippen LogP contribution in [-0.4, -0.2) is 36.7 Å². The van der Waals surface area contributed by atoms with Crippen LogP contribution in [0, 0.1) is 0 Å². The quantitative estimate of drug-likeness (QED) is 0.469. The van der Waals surface area contributed by atoms with E-state index in [4.69, 9.17) is 0 Å². The zero-order chi connectivity index (χ0) is 13.1. The van der Waals surface area contributed by atoms with Crippen LogP contribution in [0.3, 0.4) is 0 Å². The highest BCUT2D eigenvalue weighted by Gasteiger charge is 2.11. The van der Waals surface area contributed by atoms with Gasteiger partial charge in [-0.3, -0.25) is 9.59 Å². The van der Waals surface area contributed by atoms with Crippen molar-refractivity contribution in [2.24, 2.45) is 0 Å². The first-order valence-corrected chi connectivity index (χ1v) is 6.11. The highest BCUT2D eigenvalue weighted by atomic mass is 16.5. The fourth-order valence-electron chi connectivity index (χ4n) is 1.44. The molecule has 0 heterocycles. The molecule has 1 amide bonds. The Morgan fingerprint density at radius 3 is 2.59 bits per heavy atom. The number of hydrogen-bond acceptors (Lipinski definition) is 4. The van der Waals surface area contributed by atoms with Gasteiger partial charge in [-0.25, -0.2) is 0 Å². The molecule has 0 saturated heterocycles. The van der Waals surface area contributed by atoms with Gasteiger partial charge >= 0.3 is 5.97 Å². The number of aliphatic hydroxyl groups excluding tert-OH is 1. The van der Waals surface area contributed by atoms with E-state index in [1.165, 1.54) is 7.11 Å². The van der Waals surface area contributed by atoms with E-state index in [1.54, 1.807) is 0 Å². The molecule has 0 aliphatic rings. The molecule has 0 aromatic rings. The smallest absolute Gasteiger partial charge is 0.325 e. The summed E-state index contributed by atoms with van der Waals surface area (Å²) < 4.78 is 4.38. The van der Waals surface area contributed by atoms with Crippen LogP contribution in [-0.2, 0) is 14.3 Å². The molecule has 0 saturated carbocycles. The van der Waals surface area contributed by atoms with Crippen molar-refractivity contribution in [2.75, 3.05) is 13.7 Å². The van der Waals surface area contributed by atoms with E-state index in [0.717, 1.165) is 25.7 Å². The van der Waals surface area contributed by atoms with Gasteiger partial charge in [-0.2, -0.15) is 0 Å². The van der Waals surface area contributed by atoms with Crippen molar-refractivity contribution in [3.05, 3.63) is 0 Å². The lowest BCUT2D eigenvalue weighted by molar-refractivity contribution is -0.141. The summed E-state index contributed by atoms with van der Waals surface area (Å²) in [6.07, 6.45) is 4.37. The third-order valence-electron chi connectivity index (χ3n) is 2.47. The van der Waals surface area contributed by atoms with Crippen molar-refractivity contribution in [2.45, 2.75) is 51.6 Å². The lowest BCUT2D eigenvalue weighted by Gasteiger charge is -2.10. The van der Waals surface area contributed by atoms with E-state index in [9.17, 15) is 14.7 Å². The molecule has 1 unspecified atom stereocenters. The Bertz CT molecular complexity index is 231. The lowest BCUT2D eigenvalue weighted by Crippen LogP contribution is -2.32. The van der Waals surface area contributed by atoms with Gasteiger partial charge in [0.2, 0.25) is 5.91 Å². The maximum absolute atomic E-state index is 11.3. The maximum atomic E-state index is 11.3. The van der Waals surface area contributed by atoms with Crippen molar-refractivity contribution in [1.82, 2.24) is 5.32 Å². The van der Waals surface area contributed by atoms with Gasteiger partial charge in [0.25, 0.3) is 0 Å². The van der Waals surface area contributed by atoms with Crippen LogP contribution in [0.1, 0.15) is 45.4 Å². The lowest BCUT2D eigenvalue weighted by atomic mass is 10.1. The van der Waals surface area contributed by atoms with Crippen molar-refractivity contribution < 1.29 is 19.4 Å². The average molecular weight is 245 g/mol. The molecule has 17 heavy (non-hydrogen) atoms. The van der Waals surface area contributed by atoms with E-state index in [1.807, 2.05) is 0 Å². The van der Waals surface area contributed by atoms with Gasteiger partial charge in [-0.15, -0.1) is 0 Å². The summed E-state index contributed by atoms with van der Waals surface area (Å²) in [5.41, 5.74) is 0. The van der Waals surface area contributed by atoms with Gasteiger partial charge in [0.05, 0.1) is 19.6 Å². The van der Waals surface area contributed by atoms with Crippen LogP contribution in [0.25, 0.3) is 0 Å². The van der Waals surface area contributed by atoms with Gasteiger partial charge in [0, 0.05) is 0 Å². The average Bonchev–Trinajstić information content (AvgIpc) is 2.31. The van der Waals surface area contributed by atoms with Crippen molar-refractivity contribution in [1.29, 1.82) is 0 Å². The second-order valence-corrected chi connectivity index (χ2v) is 4.06. The Kier molecular flexibility index (Phi) is 9.43. The van der Waals surface area contributed by atoms with Gasteiger partial charge < -0.3 is 15.2 Å². The number of carbonyl (C=O) groups excluding carboxylic acids is 2. The summed E-state index contributed by atoms with van der Waals surface area (Å²) in [5, 5.41) is 12.0. The molecule has 5 nitrogen and oxygen atoms in total. The molecular formula is C12H23NO4. The molecule has 0 spiro atoms. The monoisotopic (exact) mass is 245 g/mol. The highest BCUT2D eigenvalue weighted by molar-refractivity contribution is 5.82. The van der Waals surface area contributed by atoms with Crippen molar-refractivity contribution in [3.8, 4) is 0 Å². The fourth-order valence-corrected chi connectivity index (χ4v) is 1.44. The largest absolute Gasteiger partial charge is 0.468 e. The van der Waals surface area contributed by atoms with E-state index in [0.29, 0.717) is 6.42 Å². The minimum Gasteiger partial charge on any atom is -0.468 e. The number of hydrogen-bond donors (Lipinski definition) is 2. The molecule has 2 N–H and O–H groups in total. The molecule has 0 radical (unpaired) electrons. The summed E-state index contributed by atoms with van der Waals surface area (Å²) in [4.78, 5) is 22.0. The summed E-state index contributed by atoms with van der Waals surface area (Å²) in [5.74, 6) is -0.811. The predicted octanol–water partition coefficient (Wildman–Crippen LogP) is 0.997. The summed E-state index contributed by atoms with van der Waals surface area (Å²) in [6, 6.07) is 0. The maximum Gasteiger partial charge on any atom is 0.325 e. The second-order valence-electron chi connectivity index (χ2n) is 4.06. The number of esters is 1. The van der Waals surface area contributed by atoms with Crippen molar-refractivity contribution in [3.63, 3.8) is 0 Å². The van der Waals surface area contributed by atoms with Gasteiger partial charge in [0.15, 0.2) is 0 Å². The predicted molar refractivity (Wildman–Crippen MR) is 64.4 cm³/mol. The van der Waals surface area contributed by atoms with Gasteiger partial charge in [-0.05, 0) is 6.42 Å². The molecule has 0 rings (SSSR count). The van der Waals surface area contributed by atoms with Crippen molar-refractivity contribution >= 4 is 11.9 Å². The zero-order valence-corrected chi connectivity index (χ0v) is 10.7. The second kappa shape index (κ2) is 10.1. The topological polar surface area (TPSA) is 75.6 Å². The number of carbonyl (C=O) groups is 2. The SMILES string of the molecule is CCCCCCC(O)CC(=O)NCC(=O)OC. The van der Waals surface area contributed by atoms with Gasteiger partial charge in [-0.1, -0.05) is 32.6 Å². The summed E-state index contributed by atoms with van der Waals surface area (Å²) in [6.45, 7) is 1.98. The van der Waals surface area contributed by atoms with E-state index >= 15 is 0 Å². The summed E-state index contributed by atoms with van der Waals surface area (Å²) in [7, 11) is 1.26. The Hall–Kier alpha value is -1.10. The van der Waals surface area contributed by atoms with Crippen LogP contribution in [0.2, 0.25) is 0 Å². The zero-order valence-electron chi connectivity index (χ0n) is 10.7. The molecule has 0 aromatic heterocycles. The molecule has 100 valence electrons. The number of ether oxygens (including phenoxy) is 1. The highest BCUT2D eigenvalue weighted by Crippen LogP contribution is 2.07. The number of rotatable bonds is 9. The van der Waals surface area contributed by atoms with E-state index < -0.39 is 12.1 Å². The normalized spacial score (nSPS) is 11.9. The molecule has 0 aromatic carbocycles. The Morgan fingerprint density at radius 2 is 2.00 bits per heavy atom. The standard InChI is InChI=1S/C12H23NO4/c1-3-4-5-6-7-10(14)8-11(15)13-9-12(16)17-2/h10,14H,3-9H2,1-2H3,(H,13,15). The van der Waals surface area contributed by atoms with Crippen LogP contribution >= 0.6 is 0 Å². The molecule has 0 aliphatic heterocycles. The molecule has 1 atom stereocenters. The minimum absolute atomic E-state index is 0.0448. The fraction of sp³-hybridized carbons (Fsp3) is 0.833. The van der Waals surface area contributed by atoms with Crippen LogP contribution in [0.4, 0.5) is 0 Å². The molecule has 0 bridgehead atoms. The summed E-state index contributed by atoms with van der Waals surface area (Å²) >= 11 is 0. The van der Waals surface area contributed by atoms with Gasteiger partial charge in [0.1, 0.15) is 6.54 Å². The number of unbranched alkanes of at least 4 members (excludes halogenated alkanes) is 3. The molecule has 5 heteroatoms. The first kappa shape index (κ1) is 15.9. The minimum atomic E-state index is -0.621. The van der Waals surface area contributed by atoms with Crippen LogP contribution in [0.15, 0.2) is 0 Å². The van der Waals surface area contributed by atoms with E-state index in [-0.39, 0.29) is 18.9 Å². The van der Waals surface area contributed by atoms with Crippen LogP contribution in [0.5, 0.6) is 0 Å². The molecular weight excluding hydrogens is 222 g/mol. The first-order valence-electron chi connectivity index (χ1n) is 6.11. The Labute approximate surface area is 103 Å². The Balaban J connectivity index is 3.55. The molecule has 0 aliphatic carbocycles. The first-order chi connectivity index (χ1) is 8.10. The molecule has 0 fully saturated rings. The number of methoxy groups -OCH3 is 1. The number of nitrogens with one attached hydrogen (secondary N) is 1. The van der Waals surface area contributed by atoms with Crippen LogP contribution < -0.4 is 5.32 Å². The number of aliphatic hydroxyl groups is 1.